The van der Waals surface area contributed by atoms with Gasteiger partial charge < -0.3 is 4.42 Å². The molecule has 1 heterocycles. The Morgan fingerprint density at radius 1 is 1.44 bits per heavy atom. The van der Waals surface area contributed by atoms with E-state index in [9.17, 15) is 9.59 Å². The zero-order valence-corrected chi connectivity index (χ0v) is 10.9. The molecule has 0 aliphatic carbocycles. The number of carbonyl (C=O) groups excluding carboxylic acids is 1. The topological polar surface area (TPSA) is 52.2 Å². The van der Waals surface area contributed by atoms with Gasteiger partial charge in [0.15, 0.2) is 11.4 Å². The zero-order chi connectivity index (χ0) is 13.1. The molecule has 2 aromatic rings. The first kappa shape index (κ1) is 12.9. The van der Waals surface area contributed by atoms with E-state index in [0.29, 0.717) is 17.7 Å². The van der Waals surface area contributed by atoms with Gasteiger partial charge in [0.2, 0.25) is 0 Å². The molecule has 0 radical (unpaired) electrons. The number of rotatable bonds is 5. The summed E-state index contributed by atoms with van der Waals surface area (Å²) >= 11 is 5.54. The van der Waals surface area contributed by atoms with Crippen LogP contribution >= 0.6 is 11.6 Å². The number of alkyl halides is 1. The van der Waals surface area contributed by atoms with Crippen molar-refractivity contribution in [1.82, 2.24) is 4.57 Å². The van der Waals surface area contributed by atoms with E-state index in [1.54, 1.807) is 22.8 Å². The van der Waals surface area contributed by atoms with Crippen molar-refractivity contribution in [3.05, 3.63) is 34.3 Å². The summed E-state index contributed by atoms with van der Waals surface area (Å²) in [6.45, 7) is 2.60. The number of Topliss-reactive ketones (excluding diaryl/α,β-unsaturated/α-hetero) is 1. The first-order valence-electron chi connectivity index (χ1n) is 5.90. The van der Waals surface area contributed by atoms with Gasteiger partial charge in [-0.15, -0.1) is 11.6 Å². The van der Waals surface area contributed by atoms with Crippen molar-refractivity contribution in [3.63, 3.8) is 0 Å². The highest BCUT2D eigenvalue weighted by Crippen LogP contribution is 2.16. The monoisotopic (exact) mass is 267 g/mol. The Bertz CT molecular complexity index is 627. The molecule has 0 amide bonds. The molecule has 0 atom stereocenters. The van der Waals surface area contributed by atoms with Gasteiger partial charge in [0.25, 0.3) is 0 Å². The van der Waals surface area contributed by atoms with Gasteiger partial charge in [0, 0.05) is 24.4 Å². The lowest BCUT2D eigenvalue weighted by Crippen LogP contribution is -2.13. The number of hydrogen-bond donors (Lipinski definition) is 0. The quantitative estimate of drug-likeness (QED) is 0.618. The maximum absolute atomic E-state index is 11.7. The van der Waals surface area contributed by atoms with Crippen LogP contribution in [-0.4, -0.2) is 16.2 Å². The number of benzene rings is 1. The average molecular weight is 268 g/mol. The third-order valence-corrected chi connectivity index (χ3v) is 2.95. The largest absolute Gasteiger partial charge is 0.419 e. The van der Waals surface area contributed by atoms with Gasteiger partial charge in [-0.1, -0.05) is 6.92 Å². The van der Waals surface area contributed by atoms with Gasteiger partial charge in [-0.25, -0.2) is 4.79 Å². The van der Waals surface area contributed by atoms with E-state index in [1.807, 2.05) is 6.92 Å². The van der Waals surface area contributed by atoms with Crippen LogP contribution in [0.2, 0.25) is 0 Å². The molecular formula is C13H14ClNO3. The Kier molecular flexibility index (Phi) is 3.87. The highest BCUT2D eigenvalue weighted by molar-refractivity contribution is 6.19. The lowest BCUT2D eigenvalue weighted by Gasteiger charge is -2.00. The minimum absolute atomic E-state index is 0.0437. The van der Waals surface area contributed by atoms with Crippen LogP contribution in [-0.2, 0) is 6.54 Å². The molecule has 18 heavy (non-hydrogen) atoms. The number of aryl methyl sites for hydroxylation is 1. The van der Waals surface area contributed by atoms with Crippen molar-refractivity contribution in [2.24, 2.45) is 0 Å². The smallest absolute Gasteiger partial charge is 0.408 e. The summed E-state index contributed by atoms with van der Waals surface area (Å²) < 4.78 is 6.72. The van der Waals surface area contributed by atoms with Crippen molar-refractivity contribution in [2.75, 3.05) is 5.88 Å². The molecule has 1 aromatic carbocycles. The molecule has 0 saturated heterocycles. The molecule has 0 spiro atoms. The fourth-order valence-corrected chi connectivity index (χ4v) is 2.08. The van der Waals surface area contributed by atoms with Crippen molar-refractivity contribution >= 4 is 28.5 Å². The van der Waals surface area contributed by atoms with Gasteiger partial charge in [0.05, 0.1) is 5.52 Å². The van der Waals surface area contributed by atoms with Crippen molar-refractivity contribution < 1.29 is 9.21 Å². The summed E-state index contributed by atoms with van der Waals surface area (Å²) in [6, 6.07) is 5.06. The molecule has 4 nitrogen and oxygen atoms in total. The molecule has 0 bridgehead atoms. The third kappa shape index (κ3) is 2.34. The SMILES string of the molecule is CCCn1c(=O)oc2cc(C(=O)CCCl)ccc21. The molecule has 96 valence electrons. The van der Waals surface area contributed by atoms with Gasteiger partial charge >= 0.3 is 5.76 Å². The van der Waals surface area contributed by atoms with E-state index >= 15 is 0 Å². The van der Waals surface area contributed by atoms with Crippen molar-refractivity contribution in [2.45, 2.75) is 26.3 Å². The van der Waals surface area contributed by atoms with E-state index in [2.05, 4.69) is 0 Å². The molecule has 0 aliphatic rings. The number of aromatic nitrogens is 1. The first-order chi connectivity index (χ1) is 8.67. The summed E-state index contributed by atoms with van der Waals surface area (Å²) in [5.74, 6) is -0.135. The predicted octanol–water partition coefficient (Wildman–Crippen LogP) is 2.82. The summed E-state index contributed by atoms with van der Waals surface area (Å²) in [4.78, 5) is 23.3. The van der Waals surface area contributed by atoms with E-state index < -0.39 is 0 Å². The van der Waals surface area contributed by atoms with E-state index in [0.717, 1.165) is 11.9 Å². The number of carbonyl (C=O) groups is 1. The Labute approximate surface area is 109 Å². The number of nitrogens with zero attached hydrogens (tertiary/aromatic N) is 1. The molecule has 1 aromatic heterocycles. The molecular weight excluding hydrogens is 254 g/mol. The lowest BCUT2D eigenvalue weighted by molar-refractivity contribution is 0.0989. The highest BCUT2D eigenvalue weighted by atomic mass is 35.5. The Hall–Kier alpha value is -1.55. The van der Waals surface area contributed by atoms with Crippen LogP contribution in [0.15, 0.2) is 27.4 Å². The predicted molar refractivity (Wildman–Crippen MR) is 70.4 cm³/mol. The molecule has 0 aliphatic heterocycles. The maximum Gasteiger partial charge on any atom is 0.419 e. The zero-order valence-electron chi connectivity index (χ0n) is 10.1. The summed E-state index contributed by atoms with van der Waals surface area (Å²) in [7, 11) is 0. The van der Waals surface area contributed by atoms with Crippen LogP contribution in [0.1, 0.15) is 30.1 Å². The second-order valence-electron chi connectivity index (χ2n) is 4.06. The van der Waals surface area contributed by atoms with Crippen LogP contribution in [0.5, 0.6) is 0 Å². The van der Waals surface area contributed by atoms with Gasteiger partial charge in [-0.2, -0.15) is 0 Å². The fourth-order valence-electron chi connectivity index (χ4n) is 1.91. The van der Waals surface area contributed by atoms with Gasteiger partial charge in [0.1, 0.15) is 0 Å². The van der Waals surface area contributed by atoms with Crippen molar-refractivity contribution in [1.29, 1.82) is 0 Å². The third-order valence-electron chi connectivity index (χ3n) is 2.76. The minimum Gasteiger partial charge on any atom is -0.408 e. The Morgan fingerprint density at radius 2 is 2.22 bits per heavy atom. The van der Waals surface area contributed by atoms with E-state index in [1.165, 1.54) is 0 Å². The molecule has 0 saturated carbocycles. The summed E-state index contributed by atoms with van der Waals surface area (Å²) in [5, 5.41) is 0. The second kappa shape index (κ2) is 5.40. The normalized spacial score (nSPS) is 11.0. The summed E-state index contributed by atoms with van der Waals surface area (Å²) in [5.41, 5.74) is 1.71. The van der Waals surface area contributed by atoms with Gasteiger partial charge in [-0.3, -0.25) is 9.36 Å². The molecule has 0 unspecified atom stereocenters. The van der Waals surface area contributed by atoms with E-state index in [-0.39, 0.29) is 23.8 Å². The first-order valence-corrected chi connectivity index (χ1v) is 6.43. The highest BCUT2D eigenvalue weighted by Gasteiger charge is 2.12. The van der Waals surface area contributed by atoms with Crippen LogP contribution in [0.4, 0.5) is 0 Å². The van der Waals surface area contributed by atoms with Crippen LogP contribution in [0.25, 0.3) is 11.1 Å². The molecule has 0 fully saturated rings. The van der Waals surface area contributed by atoms with Gasteiger partial charge in [-0.05, 0) is 24.6 Å². The number of fused-ring (bicyclic) bond motifs is 1. The number of oxazole rings is 1. The minimum atomic E-state index is -0.381. The van der Waals surface area contributed by atoms with E-state index in [4.69, 9.17) is 16.0 Å². The van der Waals surface area contributed by atoms with Crippen LogP contribution in [0.3, 0.4) is 0 Å². The molecule has 0 N–H and O–H groups in total. The van der Waals surface area contributed by atoms with Crippen LogP contribution in [0, 0.1) is 0 Å². The maximum atomic E-state index is 11.7. The lowest BCUT2D eigenvalue weighted by atomic mass is 10.1. The average Bonchev–Trinajstić information content (AvgIpc) is 2.66. The number of hydrogen-bond acceptors (Lipinski definition) is 3. The molecule has 5 heteroatoms. The molecule has 2 rings (SSSR count). The second-order valence-corrected chi connectivity index (χ2v) is 4.44. The summed E-state index contributed by atoms with van der Waals surface area (Å²) in [6.07, 6.45) is 1.13. The van der Waals surface area contributed by atoms with Crippen molar-refractivity contribution in [3.8, 4) is 0 Å². The Morgan fingerprint density at radius 3 is 2.89 bits per heavy atom. The van der Waals surface area contributed by atoms with Crippen LogP contribution < -0.4 is 5.76 Å². The number of halogens is 1. The standard InChI is InChI=1S/C13H14ClNO3/c1-2-7-15-10-4-3-9(11(16)5-6-14)8-12(10)18-13(15)17/h3-4,8H,2,5-7H2,1H3. The Balaban J connectivity index is 2.47. The number of ketones is 1. The fraction of sp³-hybridized carbons (Fsp3) is 0.385.